The van der Waals surface area contributed by atoms with Gasteiger partial charge in [0.2, 0.25) is 0 Å². The molecule has 0 saturated heterocycles. The van der Waals surface area contributed by atoms with E-state index in [9.17, 15) is 0 Å². The minimum Gasteiger partial charge on any atom is -0.176 e. The van der Waals surface area contributed by atoms with E-state index in [0.29, 0.717) is 0 Å². The Bertz CT molecular complexity index is 641. The van der Waals surface area contributed by atoms with Crippen molar-refractivity contribution in [1.82, 2.24) is 0 Å². The SMILES string of the molecule is Cc1cc[c-]c(P(c2ccccc2)c2ccccc2)c1.[Li+]. The molecule has 0 N–H and O–H groups in total. The molecule has 0 heterocycles. The average Bonchev–Trinajstić information content (AvgIpc) is 2.50. The van der Waals surface area contributed by atoms with Gasteiger partial charge in [-0.2, -0.15) is 29.8 Å². The summed E-state index contributed by atoms with van der Waals surface area (Å²) in [5.41, 5.74) is 1.29. The third kappa shape index (κ3) is 3.87. The number of benzene rings is 3. The quantitative estimate of drug-likeness (QED) is 0.374. The minimum atomic E-state index is -0.518. The van der Waals surface area contributed by atoms with Crippen LogP contribution in [-0.2, 0) is 0 Å². The van der Waals surface area contributed by atoms with E-state index in [1.165, 1.54) is 21.5 Å². The van der Waals surface area contributed by atoms with Gasteiger partial charge in [-0.25, -0.2) is 0 Å². The molecule has 0 amide bonds. The van der Waals surface area contributed by atoms with Crippen molar-refractivity contribution in [3.8, 4) is 0 Å². The Balaban J connectivity index is 0.00000161. The van der Waals surface area contributed by atoms with Crippen molar-refractivity contribution in [2.24, 2.45) is 0 Å². The summed E-state index contributed by atoms with van der Waals surface area (Å²) in [6.45, 7) is 2.14. The molecule has 0 unspecified atom stereocenters. The second kappa shape index (κ2) is 7.63. The van der Waals surface area contributed by atoms with E-state index in [-0.39, 0.29) is 18.9 Å². The first-order valence-corrected chi connectivity index (χ1v) is 8.07. The van der Waals surface area contributed by atoms with Gasteiger partial charge in [-0.1, -0.05) is 67.6 Å². The van der Waals surface area contributed by atoms with Crippen LogP contribution in [-0.4, -0.2) is 0 Å². The fourth-order valence-electron chi connectivity index (χ4n) is 2.27. The summed E-state index contributed by atoms with van der Waals surface area (Å²) in [5, 5.41) is 4.03. The van der Waals surface area contributed by atoms with Crippen molar-refractivity contribution >= 4 is 23.8 Å². The van der Waals surface area contributed by atoms with Crippen molar-refractivity contribution in [2.45, 2.75) is 6.92 Å². The van der Waals surface area contributed by atoms with E-state index in [1.54, 1.807) is 0 Å². The van der Waals surface area contributed by atoms with Gasteiger partial charge in [0.05, 0.1) is 0 Å². The van der Waals surface area contributed by atoms with Crippen LogP contribution in [0.25, 0.3) is 0 Å². The molecule has 3 rings (SSSR count). The monoisotopic (exact) mass is 282 g/mol. The number of aryl methyl sites for hydroxylation is 1. The third-order valence-electron chi connectivity index (χ3n) is 3.21. The second-order valence-corrected chi connectivity index (χ2v) is 6.94. The first-order valence-electron chi connectivity index (χ1n) is 6.73. The normalized spacial score (nSPS) is 10.2. The van der Waals surface area contributed by atoms with Crippen LogP contribution in [0.4, 0.5) is 0 Å². The zero-order chi connectivity index (χ0) is 13.8. The zero-order valence-corrected chi connectivity index (χ0v) is 13.3. The van der Waals surface area contributed by atoms with Crippen LogP contribution in [0.5, 0.6) is 0 Å². The van der Waals surface area contributed by atoms with E-state index in [1.807, 2.05) is 6.07 Å². The summed E-state index contributed by atoms with van der Waals surface area (Å²) in [5.74, 6) is 0. The topological polar surface area (TPSA) is 0 Å². The predicted molar refractivity (Wildman–Crippen MR) is 88.7 cm³/mol. The van der Waals surface area contributed by atoms with E-state index < -0.39 is 7.92 Å². The maximum Gasteiger partial charge on any atom is 1.00 e. The molecule has 0 radical (unpaired) electrons. The van der Waals surface area contributed by atoms with Crippen molar-refractivity contribution in [3.05, 3.63) is 90.5 Å². The molecule has 0 nitrogen and oxygen atoms in total. The van der Waals surface area contributed by atoms with Crippen LogP contribution in [0.3, 0.4) is 0 Å². The van der Waals surface area contributed by atoms with Crippen LogP contribution < -0.4 is 34.8 Å². The van der Waals surface area contributed by atoms with E-state index in [4.69, 9.17) is 0 Å². The number of hydrogen-bond donors (Lipinski definition) is 0. The number of rotatable bonds is 3. The predicted octanol–water partition coefficient (Wildman–Crippen LogP) is 0.557. The average molecular weight is 282 g/mol. The summed E-state index contributed by atoms with van der Waals surface area (Å²) in [6, 6.07) is 31.3. The molecule has 21 heavy (non-hydrogen) atoms. The summed E-state index contributed by atoms with van der Waals surface area (Å²) in [6.07, 6.45) is 0. The van der Waals surface area contributed by atoms with Crippen LogP contribution in [0, 0.1) is 13.0 Å². The Hall–Kier alpha value is -1.31. The molecule has 0 aliphatic rings. The largest absolute Gasteiger partial charge is 1.00 e. The maximum absolute atomic E-state index is 3.44. The molecule has 0 bridgehead atoms. The van der Waals surface area contributed by atoms with Crippen molar-refractivity contribution in [1.29, 1.82) is 0 Å². The first-order chi connectivity index (χ1) is 9.84. The molecule has 0 aliphatic heterocycles. The molecule has 0 aliphatic carbocycles. The third-order valence-corrected chi connectivity index (χ3v) is 5.58. The number of hydrogen-bond acceptors (Lipinski definition) is 0. The molecule has 3 aromatic carbocycles. The van der Waals surface area contributed by atoms with Crippen molar-refractivity contribution in [3.63, 3.8) is 0 Å². The molecule has 3 aromatic rings. The van der Waals surface area contributed by atoms with Gasteiger partial charge in [0.1, 0.15) is 0 Å². The second-order valence-electron chi connectivity index (χ2n) is 4.76. The van der Waals surface area contributed by atoms with Crippen LogP contribution in [0.1, 0.15) is 5.56 Å². The smallest absolute Gasteiger partial charge is 0.176 e. The Labute approximate surface area is 140 Å². The molecular formula is C19H16LiP. The summed E-state index contributed by atoms with van der Waals surface area (Å²) in [7, 11) is -0.518. The van der Waals surface area contributed by atoms with Crippen LogP contribution >= 0.6 is 7.92 Å². The maximum atomic E-state index is 3.44. The van der Waals surface area contributed by atoms with Crippen LogP contribution in [0.2, 0.25) is 0 Å². The summed E-state index contributed by atoms with van der Waals surface area (Å²) < 4.78 is 0. The van der Waals surface area contributed by atoms with Crippen LogP contribution in [0.15, 0.2) is 78.9 Å². The molecule has 0 fully saturated rings. The molecular weight excluding hydrogens is 266 g/mol. The fraction of sp³-hybridized carbons (Fsp3) is 0.0526. The van der Waals surface area contributed by atoms with E-state index in [2.05, 4.69) is 85.8 Å². The van der Waals surface area contributed by atoms with Crippen molar-refractivity contribution in [2.75, 3.05) is 0 Å². The van der Waals surface area contributed by atoms with E-state index >= 15 is 0 Å². The van der Waals surface area contributed by atoms with Gasteiger partial charge in [-0.15, -0.1) is 5.30 Å². The van der Waals surface area contributed by atoms with Gasteiger partial charge < -0.3 is 0 Å². The Morgan fingerprint density at radius 3 is 1.76 bits per heavy atom. The Morgan fingerprint density at radius 2 is 1.29 bits per heavy atom. The standard InChI is InChI=1S/C19H16P.Li/c1-16-9-8-14-19(15-16)20(17-10-4-2-5-11-17)18-12-6-3-7-13-18;/h2-13,15H,1H3;/q-1;+1. The Morgan fingerprint density at radius 1 is 0.762 bits per heavy atom. The molecule has 98 valence electrons. The molecule has 0 atom stereocenters. The van der Waals surface area contributed by atoms with Gasteiger partial charge in [0.25, 0.3) is 0 Å². The molecule has 0 saturated carbocycles. The van der Waals surface area contributed by atoms with Gasteiger partial charge in [-0.05, 0) is 18.5 Å². The Kier molecular flexibility index (Phi) is 5.83. The summed E-state index contributed by atoms with van der Waals surface area (Å²) >= 11 is 0. The molecule has 0 aromatic heterocycles. The van der Waals surface area contributed by atoms with Gasteiger partial charge in [0, 0.05) is 0 Å². The molecule has 0 spiro atoms. The fourth-order valence-corrected chi connectivity index (χ4v) is 4.61. The van der Waals surface area contributed by atoms with E-state index in [0.717, 1.165) is 0 Å². The van der Waals surface area contributed by atoms with Gasteiger partial charge in [-0.3, -0.25) is 0 Å². The van der Waals surface area contributed by atoms with Gasteiger partial charge in [0.15, 0.2) is 0 Å². The minimum absolute atomic E-state index is 0. The zero-order valence-electron chi connectivity index (χ0n) is 12.5. The van der Waals surface area contributed by atoms with Crippen molar-refractivity contribution < 1.29 is 18.9 Å². The molecule has 2 heteroatoms. The summed E-state index contributed by atoms with van der Waals surface area (Å²) in [4.78, 5) is 0. The first kappa shape index (κ1) is 16.1. The van der Waals surface area contributed by atoms with Gasteiger partial charge >= 0.3 is 18.9 Å².